The lowest BCUT2D eigenvalue weighted by Gasteiger charge is -2.35. The van der Waals surface area contributed by atoms with Gasteiger partial charge in [-0.3, -0.25) is 9.59 Å². The van der Waals surface area contributed by atoms with Crippen LogP contribution < -0.4 is 5.32 Å². The third kappa shape index (κ3) is 3.90. The van der Waals surface area contributed by atoms with Gasteiger partial charge in [0, 0.05) is 31.0 Å². The van der Waals surface area contributed by atoms with Crippen LogP contribution in [-0.4, -0.2) is 35.8 Å². The standard InChI is InChI=1S/C17H26N2O3/c1-5-13-6-7-14(22-13)15(20)18-12-8-10-19(11-9-12)16(21)17(2,3)4/h6-7,12H,5,8-11H2,1-4H3,(H,18,20). The zero-order chi connectivity index (χ0) is 16.3. The number of nitrogens with one attached hydrogen (secondary N) is 1. The topological polar surface area (TPSA) is 62.6 Å². The van der Waals surface area contributed by atoms with Crippen LogP contribution in [0.3, 0.4) is 0 Å². The van der Waals surface area contributed by atoms with Crippen LogP contribution >= 0.6 is 0 Å². The van der Waals surface area contributed by atoms with E-state index >= 15 is 0 Å². The van der Waals surface area contributed by atoms with E-state index in [0.717, 1.165) is 25.0 Å². The summed E-state index contributed by atoms with van der Waals surface area (Å²) < 4.78 is 5.46. The van der Waals surface area contributed by atoms with Crippen LogP contribution in [0.5, 0.6) is 0 Å². The summed E-state index contributed by atoms with van der Waals surface area (Å²) in [6.45, 7) is 9.18. The van der Waals surface area contributed by atoms with E-state index in [-0.39, 0.29) is 23.3 Å². The molecule has 1 saturated heterocycles. The van der Waals surface area contributed by atoms with E-state index in [1.165, 1.54) is 0 Å². The van der Waals surface area contributed by atoms with E-state index in [4.69, 9.17) is 4.42 Å². The van der Waals surface area contributed by atoms with Gasteiger partial charge in [-0.2, -0.15) is 0 Å². The number of rotatable bonds is 3. The second-order valence-corrected chi connectivity index (χ2v) is 6.91. The van der Waals surface area contributed by atoms with Gasteiger partial charge in [0.15, 0.2) is 5.76 Å². The molecule has 1 aromatic rings. The second-order valence-electron chi connectivity index (χ2n) is 6.91. The van der Waals surface area contributed by atoms with Gasteiger partial charge >= 0.3 is 0 Å². The molecular formula is C17H26N2O3. The molecule has 2 amide bonds. The zero-order valence-electron chi connectivity index (χ0n) is 13.9. The molecule has 1 fully saturated rings. The monoisotopic (exact) mass is 306 g/mol. The SMILES string of the molecule is CCc1ccc(C(=O)NC2CCN(C(=O)C(C)(C)C)CC2)o1. The van der Waals surface area contributed by atoms with Crippen LogP contribution in [-0.2, 0) is 11.2 Å². The van der Waals surface area contributed by atoms with Crippen molar-refractivity contribution in [3.63, 3.8) is 0 Å². The predicted molar refractivity (Wildman–Crippen MR) is 84.6 cm³/mol. The lowest BCUT2D eigenvalue weighted by Crippen LogP contribution is -2.49. The third-order valence-electron chi connectivity index (χ3n) is 3.99. The van der Waals surface area contributed by atoms with E-state index in [1.54, 1.807) is 6.07 Å². The molecule has 1 aliphatic rings. The van der Waals surface area contributed by atoms with Gasteiger partial charge in [0.2, 0.25) is 5.91 Å². The molecule has 0 aromatic carbocycles. The van der Waals surface area contributed by atoms with E-state index in [9.17, 15) is 9.59 Å². The van der Waals surface area contributed by atoms with Gasteiger partial charge in [-0.25, -0.2) is 0 Å². The molecule has 0 bridgehead atoms. The summed E-state index contributed by atoms with van der Waals surface area (Å²) in [4.78, 5) is 26.3. The van der Waals surface area contributed by atoms with Crippen molar-refractivity contribution in [2.45, 2.75) is 53.0 Å². The molecule has 0 unspecified atom stereocenters. The molecule has 1 N–H and O–H groups in total. The lowest BCUT2D eigenvalue weighted by molar-refractivity contribution is -0.140. The second kappa shape index (κ2) is 6.55. The van der Waals surface area contributed by atoms with Gasteiger partial charge in [-0.15, -0.1) is 0 Å². The molecule has 5 heteroatoms. The molecule has 2 rings (SSSR count). The van der Waals surface area contributed by atoms with Crippen LogP contribution in [0.4, 0.5) is 0 Å². The number of piperidine rings is 1. The van der Waals surface area contributed by atoms with Crippen LogP contribution in [0.2, 0.25) is 0 Å². The Morgan fingerprint density at radius 3 is 2.41 bits per heavy atom. The molecule has 0 saturated carbocycles. The quantitative estimate of drug-likeness (QED) is 0.933. The summed E-state index contributed by atoms with van der Waals surface area (Å²) in [5, 5.41) is 3.00. The summed E-state index contributed by atoms with van der Waals surface area (Å²) in [5.41, 5.74) is -0.346. The summed E-state index contributed by atoms with van der Waals surface area (Å²) >= 11 is 0. The van der Waals surface area contributed by atoms with Crippen LogP contribution in [0.1, 0.15) is 56.9 Å². The zero-order valence-corrected chi connectivity index (χ0v) is 13.9. The molecule has 122 valence electrons. The van der Waals surface area contributed by atoms with Crippen molar-refractivity contribution in [3.8, 4) is 0 Å². The van der Waals surface area contributed by atoms with Crippen molar-refractivity contribution in [1.29, 1.82) is 0 Å². The molecule has 0 aliphatic carbocycles. The molecule has 1 aromatic heterocycles. The van der Waals surface area contributed by atoms with Gasteiger partial charge < -0.3 is 14.6 Å². The van der Waals surface area contributed by atoms with Crippen molar-refractivity contribution < 1.29 is 14.0 Å². The maximum absolute atomic E-state index is 12.2. The first-order valence-electron chi connectivity index (χ1n) is 8.00. The predicted octanol–water partition coefficient (Wildman–Crippen LogP) is 2.61. The fourth-order valence-corrected chi connectivity index (χ4v) is 2.65. The van der Waals surface area contributed by atoms with E-state index in [1.807, 2.05) is 38.7 Å². The maximum atomic E-state index is 12.2. The minimum atomic E-state index is -0.346. The highest BCUT2D eigenvalue weighted by molar-refractivity contribution is 5.91. The summed E-state index contributed by atoms with van der Waals surface area (Å²) in [6.07, 6.45) is 2.35. The lowest BCUT2D eigenvalue weighted by atomic mass is 9.93. The fraction of sp³-hybridized carbons (Fsp3) is 0.647. The molecule has 2 heterocycles. The minimum absolute atomic E-state index is 0.103. The molecule has 0 radical (unpaired) electrons. The smallest absolute Gasteiger partial charge is 0.287 e. The highest BCUT2D eigenvalue weighted by Crippen LogP contribution is 2.21. The third-order valence-corrected chi connectivity index (χ3v) is 3.99. The molecule has 0 atom stereocenters. The Bertz CT molecular complexity index is 534. The summed E-state index contributed by atoms with van der Waals surface area (Å²) in [5.74, 6) is 1.19. The highest BCUT2D eigenvalue weighted by atomic mass is 16.3. The number of carbonyl (C=O) groups is 2. The summed E-state index contributed by atoms with van der Waals surface area (Å²) in [6, 6.07) is 3.65. The number of aryl methyl sites for hydroxylation is 1. The van der Waals surface area contributed by atoms with E-state index < -0.39 is 0 Å². The number of amides is 2. The van der Waals surface area contributed by atoms with Gasteiger partial charge in [-0.05, 0) is 25.0 Å². The first kappa shape index (κ1) is 16.6. The Balaban J connectivity index is 1.85. The Morgan fingerprint density at radius 1 is 1.27 bits per heavy atom. The molecule has 1 aliphatic heterocycles. The first-order chi connectivity index (χ1) is 10.3. The highest BCUT2D eigenvalue weighted by Gasteiger charge is 2.30. The van der Waals surface area contributed by atoms with Crippen LogP contribution in [0.15, 0.2) is 16.5 Å². The first-order valence-corrected chi connectivity index (χ1v) is 8.00. The van der Waals surface area contributed by atoms with E-state index in [0.29, 0.717) is 18.8 Å². The van der Waals surface area contributed by atoms with Gasteiger partial charge in [0.05, 0.1) is 0 Å². The van der Waals surface area contributed by atoms with E-state index in [2.05, 4.69) is 5.32 Å². The number of hydrogen-bond acceptors (Lipinski definition) is 3. The summed E-state index contributed by atoms with van der Waals surface area (Å²) in [7, 11) is 0. The van der Waals surface area contributed by atoms with Gasteiger partial charge in [-0.1, -0.05) is 27.7 Å². The van der Waals surface area contributed by atoms with Crippen molar-refractivity contribution in [3.05, 3.63) is 23.7 Å². The van der Waals surface area contributed by atoms with Crippen molar-refractivity contribution in [2.75, 3.05) is 13.1 Å². The minimum Gasteiger partial charge on any atom is -0.456 e. The number of carbonyl (C=O) groups excluding carboxylic acids is 2. The number of likely N-dealkylation sites (tertiary alicyclic amines) is 1. The largest absolute Gasteiger partial charge is 0.456 e. The number of furan rings is 1. The van der Waals surface area contributed by atoms with Gasteiger partial charge in [0.25, 0.3) is 5.91 Å². The Hall–Kier alpha value is -1.78. The number of nitrogens with zero attached hydrogens (tertiary/aromatic N) is 1. The molecular weight excluding hydrogens is 280 g/mol. The normalized spacial score (nSPS) is 16.6. The van der Waals surface area contributed by atoms with Crippen molar-refractivity contribution in [2.24, 2.45) is 5.41 Å². The molecule has 0 spiro atoms. The average molecular weight is 306 g/mol. The van der Waals surface area contributed by atoms with Crippen LogP contribution in [0, 0.1) is 5.41 Å². The Labute approximate surface area is 132 Å². The number of hydrogen-bond donors (Lipinski definition) is 1. The molecule has 22 heavy (non-hydrogen) atoms. The fourth-order valence-electron chi connectivity index (χ4n) is 2.65. The maximum Gasteiger partial charge on any atom is 0.287 e. The van der Waals surface area contributed by atoms with Crippen molar-refractivity contribution in [1.82, 2.24) is 10.2 Å². The van der Waals surface area contributed by atoms with Gasteiger partial charge in [0.1, 0.15) is 5.76 Å². The average Bonchev–Trinajstić information content (AvgIpc) is 2.95. The van der Waals surface area contributed by atoms with Crippen LogP contribution in [0.25, 0.3) is 0 Å². The van der Waals surface area contributed by atoms with Crippen molar-refractivity contribution >= 4 is 11.8 Å². The molecule has 5 nitrogen and oxygen atoms in total. The Morgan fingerprint density at radius 2 is 1.91 bits per heavy atom. The Kier molecular flexibility index (Phi) is 4.94.